The largest absolute Gasteiger partial charge is 1.00 e. The Morgan fingerprint density at radius 2 is 1.48 bits per heavy atom. The number of rotatable bonds is 11. The van der Waals surface area contributed by atoms with E-state index in [4.69, 9.17) is 9.47 Å². The van der Waals surface area contributed by atoms with E-state index in [1.165, 1.54) is 5.56 Å². The van der Waals surface area contributed by atoms with E-state index >= 15 is 0 Å². The molecule has 29 heavy (non-hydrogen) atoms. The fourth-order valence-corrected chi connectivity index (χ4v) is 4.40. The van der Waals surface area contributed by atoms with Gasteiger partial charge in [-0.1, -0.05) is 44.4 Å². The van der Waals surface area contributed by atoms with E-state index in [1.54, 1.807) is 0 Å². The number of unbranched alkanes of at least 4 members (excludes halogenated alkanes) is 2. The first kappa shape index (κ1) is 25.8. The number of hydrogen-bond acceptors (Lipinski definition) is 3. The van der Waals surface area contributed by atoms with Crippen LogP contribution in [0.2, 0.25) is 0 Å². The monoisotopic (exact) mass is 407 g/mol. The van der Waals surface area contributed by atoms with Gasteiger partial charge in [-0.25, -0.2) is 0 Å². The molecule has 2 rings (SSSR count). The Labute approximate surface area is 189 Å². The zero-order valence-electron chi connectivity index (χ0n) is 18.9. The fraction of sp³-hybridized carbons (Fsp3) is 0.458. The molecule has 2 aromatic carbocycles. The smallest absolute Gasteiger partial charge is 0.493 e. The van der Waals surface area contributed by atoms with Gasteiger partial charge in [0.2, 0.25) is 0 Å². The fourth-order valence-electron chi connectivity index (χ4n) is 3.20. The molecule has 152 valence electrons. The summed E-state index contributed by atoms with van der Waals surface area (Å²) in [5.41, 5.74) is 4.28. The van der Waals surface area contributed by atoms with Gasteiger partial charge in [0.25, 0.3) is 0 Å². The molecule has 0 aliphatic carbocycles. The van der Waals surface area contributed by atoms with Crippen molar-refractivity contribution >= 4 is 19.4 Å². The van der Waals surface area contributed by atoms with E-state index in [2.05, 4.69) is 32.9 Å². The van der Waals surface area contributed by atoms with Gasteiger partial charge < -0.3 is 9.47 Å². The molecule has 0 saturated carbocycles. The number of ether oxygens (including phenoxy) is 2. The summed E-state index contributed by atoms with van der Waals surface area (Å²) < 4.78 is 11.8. The van der Waals surface area contributed by atoms with Crippen LogP contribution in [0.4, 0.5) is 0 Å². The summed E-state index contributed by atoms with van der Waals surface area (Å²) in [6.07, 6.45) is 4.20. The Morgan fingerprint density at radius 3 is 2.07 bits per heavy atom. The summed E-state index contributed by atoms with van der Waals surface area (Å²) in [7, 11) is 0.0353. The molecular formula is C24H33LiO3P+. The second-order valence-corrected chi connectivity index (χ2v) is 8.53. The number of carbonyl (C=O) groups excluding carboxylic acids is 1. The molecule has 3 nitrogen and oxygen atoms in total. The minimum absolute atomic E-state index is 0. The quantitative estimate of drug-likeness (QED) is 0.326. The summed E-state index contributed by atoms with van der Waals surface area (Å²) in [4.78, 5) is 13.1. The molecule has 0 fully saturated rings. The number of carbonyl (C=O) groups is 1. The molecule has 0 heterocycles. The Kier molecular flexibility index (Phi) is 11.7. The van der Waals surface area contributed by atoms with Gasteiger partial charge in [0.15, 0.2) is 5.52 Å². The maximum absolute atomic E-state index is 13.1. The van der Waals surface area contributed by atoms with Gasteiger partial charge in [-0.3, -0.25) is 4.79 Å². The molecular weight excluding hydrogens is 374 g/mol. The first-order valence-electron chi connectivity index (χ1n) is 10.2. The number of aryl methyl sites for hydroxylation is 3. The van der Waals surface area contributed by atoms with Crippen molar-refractivity contribution in [1.82, 2.24) is 0 Å². The topological polar surface area (TPSA) is 35.5 Å². The van der Waals surface area contributed by atoms with E-state index in [0.29, 0.717) is 13.2 Å². The minimum atomic E-state index is 0. The summed E-state index contributed by atoms with van der Waals surface area (Å²) in [6.45, 7) is 11.7. The minimum Gasteiger partial charge on any atom is -0.493 e. The Hall–Kier alpha value is -1.26. The van der Waals surface area contributed by atoms with Crippen molar-refractivity contribution in [2.75, 3.05) is 13.2 Å². The van der Waals surface area contributed by atoms with Gasteiger partial charge in [-0.2, -0.15) is 0 Å². The molecule has 5 heteroatoms. The zero-order valence-corrected chi connectivity index (χ0v) is 19.9. The average molecular weight is 407 g/mol. The van der Waals surface area contributed by atoms with Crippen LogP contribution >= 0.6 is 8.58 Å². The van der Waals surface area contributed by atoms with Gasteiger partial charge in [-0.05, 0) is 65.5 Å². The van der Waals surface area contributed by atoms with Crippen LogP contribution in [0.15, 0.2) is 30.3 Å². The SMILES string of the molecule is CCCCOc1ccc(PC(=O)c2c(C)cc(C)cc2C)c(OCCCC)c1.[Li+]. The van der Waals surface area contributed by atoms with Crippen LogP contribution in [-0.4, -0.2) is 18.7 Å². The second-order valence-electron chi connectivity index (χ2n) is 7.29. The standard InChI is InChI=1S/C24H33O3P.Li/c1-6-8-12-26-20-10-11-22(21(16-20)27-13-9-7-2)28-24(25)23-18(4)14-17(3)15-19(23)5;/h10-11,14-16,28H,6-9,12-13H2,1-5H3;/q;+1. The molecule has 2 aromatic rings. The van der Waals surface area contributed by atoms with Gasteiger partial charge >= 0.3 is 18.9 Å². The van der Waals surface area contributed by atoms with Crippen LogP contribution in [0, 0.1) is 20.8 Å². The van der Waals surface area contributed by atoms with E-state index < -0.39 is 0 Å². The zero-order chi connectivity index (χ0) is 20.5. The molecule has 0 saturated heterocycles. The van der Waals surface area contributed by atoms with E-state index in [0.717, 1.165) is 59.2 Å². The molecule has 0 aromatic heterocycles. The third kappa shape index (κ3) is 7.82. The van der Waals surface area contributed by atoms with Crippen LogP contribution in [0.1, 0.15) is 66.6 Å². The maximum atomic E-state index is 13.1. The predicted molar refractivity (Wildman–Crippen MR) is 120 cm³/mol. The van der Waals surface area contributed by atoms with Crippen molar-refractivity contribution in [3.8, 4) is 11.5 Å². The molecule has 1 atom stereocenters. The van der Waals surface area contributed by atoms with E-state index in [-0.39, 0.29) is 33.0 Å². The van der Waals surface area contributed by atoms with Crippen molar-refractivity contribution < 1.29 is 33.1 Å². The molecule has 0 amide bonds. The summed E-state index contributed by atoms with van der Waals surface area (Å²) in [6, 6.07) is 10.0. The van der Waals surface area contributed by atoms with Crippen LogP contribution in [0.25, 0.3) is 0 Å². The van der Waals surface area contributed by atoms with Crippen molar-refractivity contribution in [3.05, 3.63) is 52.6 Å². The Morgan fingerprint density at radius 1 is 0.897 bits per heavy atom. The van der Waals surface area contributed by atoms with Crippen LogP contribution < -0.4 is 33.6 Å². The Bertz CT molecular complexity index is 782. The molecule has 0 spiro atoms. The number of hydrogen-bond donors (Lipinski definition) is 0. The van der Waals surface area contributed by atoms with E-state index in [9.17, 15) is 4.79 Å². The van der Waals surface area contributed by atoms with Crippen molar-refractivity contribution in [2.24, 2.45) is 0 Å². The van der Waals surface area contributed by atoms with Crippen LogP contribution in [-0.2, 0) is 0 Å². The second kappa shape index (κ2) is 13.1. The molecule has 0 bridgehead atoms. The van der Waals surface area contributed by atoms with Crippen molar-refractivity contribution in [3.63, 3.8) is 0 Å². The third-order valence-electron chi connectivity index (χ3n) is 4.63. The van der Waals surface area contributed by atoms with Gasteiger partial charge in [0, 0.05) is 16.9 Å². The summed E-state index contributed by atoms with van der Waals surface area (Å²) in [5.74, 6) is 1.58. The van der Waals surface area contributed by atoms with Gasteiger partial charge in [0.1, 0.15) is 11.5 Å². The van der Waals surface area contributed by atoms with E-state index in [1.807, 2.05) is 32.0 Å². The van der Waals surface area contributed by atoms with Crippen LogP contribution in [0.3, 0.4) is 0 Å². The molecule has 0 radical (unpaired) electrons. The van der Waals surface area contributed by atoms with Crippen molar-refractivity contribution in [1.29, 1.82) is 0 Å². The normalized spacial score (nSPS) is 10.8. The molecule has 0 aliphatic heterocycles. The average Bonchev–Trinajstić information content (AvgIpc) is 2.63. The predicted octanol–water partition coefficient (Wildman–Crippen LogP) is 3.12. The summed E-state index contributed by atoms with van der Waals surface area (Å²) in [5, 5.41) is 0.948. The van der Waals surface area contributed by atoms with Gasteiger partial charge in [-0.15, -0.1) is 0 Å². The first-order valence-corrected chi connectivity index (χ1v) is 11.2. The summed E-state index contributed by atoms with van der Waals surface area (Å²) >= 11 is 0. The van der Waals surface area contributed by atoms with Crippen molar-refractivity contribution in [2.45, 2.75) is 60.3 Å². The van der Waals surface area contributed by atoms with Gasteiger partial charge in [0.05, 0.1) is 13.2 Å². The van der Waals surface area contributed by atoms with Crippen LogP contribution in [0.5, 0.6) is 11.5 Å². The first-order chi connectivity index (χ1) is 13.5. The number of benzene rings is 2. The molecule has 1 unspecified atom stereocenters. The maximum Gasteiger partial charge on any atom is 1.00 e. The molecule has 0 aliphatic rings. The third-order valence-corrected chi connectivity index (χ3v) is 5.79. The Balaban J connectivity index is 0.00000420. The molecule has 0 N–H and O–H groups in total.